The summed E-state index contributed by atoms with van der Waals surface area (Å²) >= 11 is 1.93. The summed E-state index contributed by atoms with van der Waals surface area (Å²) in [6, 6.07) is 0.516. The predicted octanol–water partition coefficient (Wildman–Crippen LogP) is 0.692. The van der Waals surface area contributed by atoms with Crippen LogP contribution < -0.4 is 10.6 Å². The molecule has 2 aliphatic heterocycles. The van der Waals surface area contributed by atoms with Gasteiger partial charge in [0, 0.05) is 29.9 Å². The molecule has 0 bridgehead atoms. The molecule has 0 aromatic heterocycles. The van der Waals surface area contributed by atoms with Crippen molar-refractivity contribution in [3.63, 3.8) is 0 Å². The van der Waals surface area contributed by atoms with Gasteiger partial charge in [-0.1, -0.05) is 13.8 Å². The first-order valence-electron chi connectivity index (χ1n) is 5.95. The second-order valence-corrected chi connectivity index (χ2v) is 5.64. The Labute approximate surface area is 102 Å². The Hall–Kier alpha value is -0.100. The molecule has 2 unspecified atom stereocenters. The third-order valence-corrected chi connectivity index (χ3v) is 3.94. The van der Waals surface area contributed by atoms with E-state index in [1.807, 2.05) is 11.8 Å². The summed E-state index contributed by atoms with van der Waals surface area (Å²) in [5.41, 5.74) is 1.26. The SMILES string of the molecule is CC(C)C1=NCC(OCC2CSCN2)NC1. The summed E-state index contributed by atoms with van der Waals surface area (Å²) < 4.78 is 5.80. The number of nitrogens with zero attached hydrogens (tertiary/aromatic N) is 1. The van der Waals surface area contributed by atoms with E-state index in [-0.39, 0.29) is 6.23 Å². The Morgan fingerprint density at radius 2 is 2.38 bits per heavy atom. The van der Waals surface area contributed by atoms with Crippen LogP contribution in [0.25, 0.3) is 0 Å². The molecule has 0 amide bonds. The number of thioether (sulfide) groups is 1. The number of aliphatic imine (C=N–C) groups is 1. The smallest absolute Gasteiger partial charge is 0.128 e. The topological polar surface area (TPSA) is 45.6 Å². The van der Waals surface area contributed by atoms with Gasteiger partial charge in [-0.25, -0.2) is 0 Å². The van der Waals surface area contributed by atoms with Crippen molar-refractivity contribution < 1.29 is 4.74 Å². The van der Waals surface area contributed by atoms with Gasteiger partial charge in [-0.2, -0.15) is 0 Å². The average molecular weight is 243 g/mol. The van der Waals surface area contributed by atoms with Crippen LogP contribution in [-0.2, 0) is 4.74 Å². The molecule has 0 spiro atoms. The van der Waals surface area contributed by atoms with Crippen LogP contribution in [0, 0.1) is 5.92 Å². The van der Waals surface area contributed by atoms with E-state index >= 15 is 0 Å². The normalized spacial score (nSPS) is 30.8. The van der Waals surface area contributed by atoms with Gasteiger partial charge in [0.25, 0.3) is 0 Å². The molecule has 2 atom stereocenters. The van der Waals surface area contributed by atoms with Crippen LogP contribution in [-0.4, -0.2) is 49.3 Å². The molecule has 4 nitrogen and oxygen atoms in total. The molecule has 0 saturated carbocycles. The lowest BCUT2D eigenvalue weighted by Gasteiger charge is -2.25. The van der Waals surface area contributed by atoms with Crippen molar-refractivity contribution in [1.29, 1.82) is 0 Å². The zero-order valence-corrected chi connectivity index (χ0v) is 10.8. The summed E-state index contributed by atoms with van der Waals surface area (Å²) in [5, 5.41) is 6.78. The van der Waals surface area contributed by atoms with Gasteiger partial charge in [-0.05, 0) is 5.92 Å². The van der Waals surface area contributed by atoms with E-state index < -0.39 is 0 Å². The molecule has 2 heterocycles. The molecule has 5 heteroatoms. The Bertz CT molecular complexity index is 252. The first-order valence-corrected chi connectivity index (χ1v) is 7.10. The lowest BCUT2D eigenvalue weighted by molar-refractivity contribution is 0.0277. The molecule has 2 aliphatic rings. The monoisotopic (exact) mass is 243 g/mol. The fourth-order valence-corrected chi connectivity index (χ4v) is 2.78. The Kier molecular flexibility index (Phi) is 4.64. The van der Waals surface area contributed by atoms with Crippen molar-refractivity contribution in [3.05, 3.63) is 0 Å². The highest BCUT2D eigenvalue weighted by molar-refractivity contribution is 7.99. The predicted molar refractivity (Wildman–Crippen MR) is 69.1 cm³/mol. The van der Waals surface area contributed by atoms with Gasteiger partial charge < -0.3 is 10.1 Å². The lowest BCUT2D eigenvalue weighted by Crippen LogP contribution is -2.45. The van der Waals surface area contributed by atoms with Crippen molar-refractivity contribution in [2.45, 2.75) is 26.1 Å². The van der Waals surface area contributed by atoms with Gasteiger partial charge >= 0.3 is 0 Å². The highest BCUT2D eigenvalue weighted by Gasteiger charge is 2.20. The van der Waals surface area contributed by atoms with Gasteiger partial charge in [-0.3, -0.25) is 10.3 Å². The van der Waals surface area contributed by atoms with Crippen LogP contribution in [0.3, 0.4) is 0 Å². The van der Waals surface area contributed by atoms with E-state index in [0.29, 0.717) is 12.0 Å². The second kappa shape index (κ2) is 6.00. The molecule has 2 N–H and O–H groups in total. The Morgan fingerprint density at radius 3 is 2.94 bits per heavy atom. The van der Waals surface area contributed by atoms with E-state index in [1.165, 1.54) is 5.71 Å². The van der Waals surface area contributed by atoms with Gasteiger partial charge in [0.05, 0.1) is 13.2 Å². The summed E-state index contributed by atoms with van der Waals surface area (Å²) in [7, 11) is 0. The summed E-state index contributed by atoms with van der Waals surface area (Å²) in [6.07, 6.45) is 0.106. The van der Waals surface area contributed by atoms with Gasteiger partial charge in [-0.15, -0.1) is 11.8 Å². The molecular weight excluding hydrogens is 222 g/mol. The van der Waals surface area contributed by atoms with Crippen LogP contribution >= 0.6 is 11.8 Å². The molecule has 0 aliphatic carbocycles. The maximum absolute atomic E-state index is 5.80. The zero-order valence-electron chi connectivity index (χ0n) is 10.0. The van der Waals surface area contributed by atoms with E-state index in [2.05, 4.69) is 29.5 Å². The van der Waals surface area contributed by atoms with Crippen molar-refractivity contribution in [3.8, 4) is 0 Å². The first kappa shape index (κ1) is 12.4. The summed E-state index contributed by atoms with van der Waals surface area (Å²) in [4.78, 5) is 4.56. The highest BCUT2D eigenvalue weighted by Crippen LogP contribution is 2.11. The zero-order chi connectivity index (χ0) is 11.4. The number of rotatable bonds is 4. The molecular formula is C11H21N3OS. The minimum atomic E-state index is 0.106. The van der Waals surface area contributed by atoms with Gasteiger partial charge in [0.1, 0.15) is 6.23 Å². The third kappa shape index (κ3) is 3.45. The largest absolute Gasteiger partial charge is 0.360 e. The lowest BCUT2D eigenvalue weighted by atomic mass is 10.1. The number of nitrogens with one attached hydrogen (secondary N) is 2. The van der Waals surface area contributed by atoms with Crippen LogP contribution in [0.5, 0.6) is 0 Å². The fourth-order valence-electron chi connectivity index (χ4n) is 1.81. The summed E-state index contributed by atoms with van der Waals surface area (Å²) in [6.45, 7) is 6.78. The van der Waals surface area contributed by atoms with Crippen LogP contribution in [0.4, 0.5) is 0 Å². The average Bonchev–Trinajstić information content (AvgIpc) is 2.80. The molecule has 2 rings (SSSR count). The molecule has 0 aromatic rings. The molecule has 92 valence electrons. The van der Waals surface area contributed by atoms with Crippen molar-refractivity contribution in [2.24, 2.45) is 10.9 Å². The van der Waals surface area contributed by atoms with E-state index in [9.17, 15) is 0 Å². The van der Waals surface area contributed by atoms with Crippen LogP contribution in [0.1, 0.15) is 13.8 Å². The minimum Gasteiger partial charge on any atom is -0.360 e. The number of ether oxygens (including phenoxy) is 1. The van der Waals surface area contributed by atoms with E-state index in [4.69, 9.17) is 4.74 Å². The van der Waals surface area contributed by atoms with Crippen LogP contribution in [0.2, 0.25) is 0 Å². The van der Waals surface area contributed by atoms with E-state index in [0.717, 1.165) is 31.3 Å². The molecule has 1 saturated heterocycles. The quantitative estimate of drug-likeness (QED) is 0.763. The molecule has 0 radical (unpaired) electrons. The number of hydrogen-bond donors (Lipinski definition) is 2. The van der Waals surface area contributed by atoms with Crippen molar-refractivity contribution in [2.75, 3.05) is 31.3 Å². The van der Waals surface area contributed by atoms with Gasteiger partial charge in [0.15, 0.2) is 0 Å². The fraction of sp³-hybridized carbons (Fsp3) is 0.909. The van der Waals surface area contributed by atoms with Crippen LogP contribution in [0.15, 0.2) is 4.99 Å². The second-order valence-electron chi connectivity index (χ2n) is 4.61. The first-order chi connectivity index (χ1) is 7.75. The maximum Gasteiger partial charge on any atom is 0.128 e. The molecule has 1 fully saturated rings. The maximum atomic E-state index is 5.80. The molecule has 0 aromatic carbocycles. The van der Waals surface area contributed by atoms with Crippen molar-refractivity contribution in [1.82, 2.24) is 10.6 Å². The standard InChI is InChI=1S/C11H21N3OS/c1-8(2)10-3-13-11(4-12-10)15-5-9-6-16-7-14-9/h8-9,11,13-14H,3-7H2,1-2H3. The number of hydrogen-bond acceptors (Lipinski definition) is 5. The summed E-state index contributed by atoms with van der Waals surface area (Å²) in [5.74, 6) is 2.76. The Balaban J connectivity index is 1.68. The molecule has 16 heavy (non-hydrogen) atoms. The van der Waals surface area contributed by atoms with Crippen molar-refractivity contribution >= 4 is 17.5 Å². The highest BCUT2D eigenvalue weighted by atomic mass is 32.2. The van der Waals surface area contributed by atoms with Gasteiger partial charge in [0.2, 0.25) is 0 Å². The van der Waals surface area contributed by atoms with E-state index in [1.54, 1.807) is 0 Å². The third-order valence-electron chi connectivity index (χ3n) is 2.93. The Morgan fingerprint density at radius 1 is 1.50 bits per heavy atom. The minimum absolute atomic E-state index is 0.106.